The van der Waals surface area contributed by atoms with Crippen molar-refractivity contribution in [2.24, 2.45) is 40.4 Å². The lowest BCUT2D eigenvalue weighted by molar-refractivity contribution is -0.141. The summed E-state index contributed by atoms with van der Waals surface area (Å²) in [6.45, 7) is 7.20. The number of aliphatic hydroxyl groups is 2. The molecule has 3 saturated carbocycles. The molecule has 4 aliphatic carbocycles. The van der Waals surface area contributed by atoms with Crippen LogP contribution in [0.5, 0.6) is 0 Å². The van der Waals surface area contributed by atoms with Crippen molar-refractivity contribution in [3.8, 4) is 0 Å². The Morgan fingerprint density at radius 2 is 1.93 bits per heavy atom. The quantitative estimate of drug-likeness (QED) is 0.535. The molecule has 0 spiro atoms. The van der Waals surface area contributed by atoms with Gasteiger partial charge in [-0.2, -0.15) is 0 Å². The summed E-state index contributed by atoms with van der Waals surface area (Å²) in [6.07, 6.45) is 10.3. The summed E-state index contributed by atoms with van der Waals surface area (Å²) in [5, 5.41) is 21.4. The summed E-state index contributed by atoms with van der Waals surface area (Å²) >= 11 is 0. The van der Waals surface area contributed by atoms with Crippen LogP contribution in [0.3, 0.4) is 0 Å². The molecular weight excluding hydrogens is 364 g/mol. The second-order valence-electron chi connectivity index (χ2n) is 11.1. The topological polar surface area (TPSA) is 66.8 Å². The number of fused-ring (bicyclic) bond motifs is 5. The highest BCUT2D eigenvalue weighted by atomic mass is 16.5. The monoisotopic (exact) mass is 404 g/mol. The van der Waals surface area contributed by atoms with Crippen molar-refractivity contribution in [2.75, 3.05) is 7.11 Å². The van der Waals surface area contributed by atoms with Gasteiger partial charge in [0.15, 0.2) is 0 Å². The third kappa shape index (κ3) is 3.39. The van der Waals surface area contributed by atoms with Crippen LogP contribution >= 0.6 is 0 Å². The maximum absolute atomic E-state index is 11.6. The van der Waals surface area contributed by atoms with E-state index in [1.54, 1.807) is 0 Å². The Morgan fingerprint density at radius 1 is 1.17 bits per heavy atom. The van der Waals surface area contributed by atoms with Gasteiger partial charge in [0.05, 0.1) is 19.3 Å². The fraction of sp³-hybridized carbons (Fsp3) is 0.880. The molecule has 0 heterocycles. The van der Waals surface area contributed by atoms with Crippen molar-refractivity contribution in [2.45, 2.75) is 90.8 Å². The Hall–Kier alpha value is -0.870. The van der Waals surface area contributed by atoms with Crippen LogP contribution < -0.4 is 0 Å². The van der Waals surface area contributed by atoms with Gasteiger partial charge in [0, 0.05) is 6.42 Å². The first-order valence-corrected chi connectivity index (χ1v) is 11.8. The van der Waals surface area contributed by atoms with Crippen LogP contribution in [0, 0.1) is 40.4 Å². The molecule has 0 aromatic carbocycles. The molecule has 0 aromatic heterocycles. The molecule has 164 valence electrons. The first kappa shape index (κ1) is 21.4. The molecule has 0 bridgehead atoms. The van der Waals surface area contributed by atoms with Crippen molar-refractivity contribution >= 4 is 5.97 Å². The Balaban J connectivity index is 1.55. The van der Waals surface area contributed by atoms with Crippen LogP contribution in [0.25, 0.3) is 0 Å². The summed E-state index contributed by atoms with van der Waals surface area (Å²) in [7, 11) is 1.47. The van der Waals surface area contributed by atoms with Gasteiger partial charge in [0.1, 0.15) is 0 Å². The van der Waals surface area contributed by atoms with Gasteiger partial charge in [-0.25, -0.2) is 0 Å². The summed E-state index contributed by atoms with van der Waals surface area (Å²) in [5.74, 6) is 2.53. The summed E-state index contributed by atoms with van der Waals surface area (Å²) in [5.41, 5.74) is 1.73. The Bertz CT molecular complexity index is 672. The van der Waals surface area contributed by atoms with Crippen molar-refractivity contribution in [1.29, 1.82) is 0 Å². The molecule has 2 N–H and O–H groups in total. The van der Waals surface area contributed by atoms with Crippen molar-refractivity contribution in [3.05, 3.63) is 11.6 Å². The minimum atomic E-state index is -0.331. The van der Waals surface area contributed by atoms with Gasteiger partial charge in [-0.3, -0.25) is 4.79 Å². The fourth-order valence-corrected chi connectivity index (χ4v) is 8.30. The number of esters is 1. The van der Waals surface area contributed by atoms with Gasteiger partial charge in [-0.15, -0.1) is 0 Å². The Morgan fingerprint density at radius 3 is 2.66 bits per heavy atom. The Labute approximate surface area is 176 Å². The van der Waals surface area contributed by atoms with Crippen molar-refractivity contribution < 1.29 is 19.7 Å². The number of hydrogen-bond donors (Lipinski definition) is 2. The third-order valence-corrected chi connectivity index (χ3v) is 9.90. The van der Waals surface area contributed by atoms with E-state index in [1.807, 2.05) is 0 Å². The minimum Gasteiger partial charge on any atom is -0.469 e. The summed E-state index contributed by atoms with van der Waals surface area (Å²) < 4.78 is 4.85. The highest BCUT2D eigenvalue weighted by Crippen LogP contribution is 2.67. The average Bonchev–Trinajstić information content (AvgIpc) is 3.04. The van der Waals surface area contributed by atoms with Gasteiger partial charge in [0.2, 0.25) is 0 Å². The van der Waals surface area contributed by atoms with Crippen LogP contribution in [-0.4, -0.2) is 35.5 Å². The SMILES string of the molecule is COC(=O)CC[C@@H](C)[C@H]1CC[C@H]2[C@@H]3C(O)CC4=CC(O)CC[C@]4(C)[C@H]3CC[C@]12C. The number of rotatable bonds is 4. The maximum atomic E-state index is 11.6. The standard InChI is InChI=1S/C25H40O4/c1-15(5-8-22(28)29-4)18-6-7-19-23-20(10-12-25(18,19)3)24(2)11-9-17(26)13-16(24)14-21(23)27/h13,15,17-21,23,26-27H,5-12,14H2,1-4H3/t15-,17?,18-,19+,20+,21?,23+,24+,25-/m1/s1. The summed E-state index contributed by atoms with van der Waals surface area (Å²) in [6, 6.07) is 0. The molecule has 3 fully saturated rings. The highest BCUT2D eigenvalue weighted by molar-refractivity contribution is 5.69. The van der Waals surface area contributed by atoms with E-state index in [-0.39, 0.29) is 29.0 Å². The molecule has 0 saturated heterocycles. The maximum Gasteiger partial charge on any atom is 0.305 e. The largest absolute Gasteiger partial charge is 0.469 e. The molecule has 4 aliphatic rings. The highest BCUT2D eigenvalue weighted by Gasteiger charge is 2.61. The minimum absolute atomic E-state index is 0.102. The van der Waals surface area contributed by atoms with Crippen LogP contribution in [0.2, 0.25) is 0 Å². The molecule has 0 radical (unpaired) electrons. The molecule has 0 aromatic rings. The van der Waals surface area contributed by atoms with E-state index in [4.69, 9.17) is 4.74 Å². The first-order valence-electron chi connectivity index (χ1n) is 11.8. The number of carbonyl (C=O) groups excluding carboxylic acids is 1. The van der Waals surface area contributed by atoms with E-state index in [0.29, 0.717) is 36.0 Å². The molecule has 0 aliphatic heterocycles. The lowest BCUT2D eigenvalue weighted by atomic mass is 9.45. The zero-order valence-electron chi connectivity index (χ0n) is 18.7. The number of ether oxygens (including phenoxy) is 1. The van der Waals surface area contributed by atoms with Gasteiger partial charge in [-0.1, -0.05) is 32.4 Å². The van der Waals surface area contributed by atoms with Gasteiger partial charge in [-0.05, 0) is 91.8 Å². The predicted molar refractivity (Wildman–Crippen MR) is 113 cm³/mol. The zero-order valence-corrected chi connectivity index (χ0v) is 18.7. The van der Waals surface area contributed by atoms with Crippen LogP contribution in [-0.2, 0) is 9.53 Å². The van der Waals surface area contributed by atoms with Gasteiger partial charge in [0.25, 0.3) is 0 Å². The number of methoxy groups -OCH3 is 1. The van der Waals surface area contributed by atoms with E-state index < -0.39 is 0 Å². The second-order valence-corrected chi connectivity index (χ2v) is 11.1. The normalized spacial score (nSPS) is 47.4. The second kappa shape index (κ2) is 7.67. The lowest BCUT2D eigenvalue weighted by Gasteiger charge is -2.60. The van der Waals surface area contributed by atoms with E-state index in [9.17, 15) is 15.0 Å². The lowest BCUT2D eigenvalue weighted by Crippen LogP contribution is -2.55. The molecule has 4 nitrogen and oxygen atoms in total. The number of carbonyl (C=O) groups is 1. The van der Waals surface area contributed by atoms with E-state index >= 15 is 0 Å². The zero-order chi connectivity index (χ0) is 21.0. The molecule has 0 amide bonds. The molecule has 29 heavy (non-hydrogen) atoms. The average molecular weight is 405 g/mol. The molecule has 2 unspecified atom stereocenters. The molecule has 9 atom stereocenters. The van der Waals surface area contributed by atoms with E-state index in [0.717, 1.165) is 25.7 Å². The van der Waals surface area contributed by atoms with E-state index in [1.165, 1.54) is 38.4 Å². The van der Waals surface area contributed by atoms with Crippen LogP contribution in [0.4, 0.5) is 0 Å². The van der Waals surface area contributed by atoms with Crippen molar-refractivity contribution in [1.82, 2.24) is 0 Å². The smallest absolute Gasteiger partial charge is 0.305 e. The number of aliphatic hydroxyl groups excluding tert-OH is 2. The van der Waals surface area contributed by atoms with Gasteiger partial charge < -0.3 is 14.9 Å². The third-order valence-electron chi connectivity index (χ3n) is 9.90. The Kier molecular flexibility index (Phi) is 5.65. The molecule has 4 heteroatoms. The first-order chi connectivity index (χ1) is 13.7. The number of hydrogen-bond acceptors (Lipinski definition) is 4. The van der Waals surface area contributed by atoms with Crippen molar-refractivity contribution in [3.63, 3.8) is 0 Å². The summed E-state index contributed by atoms with van der Waals surface area (Å²) in [4.78, 5) is 11.6. The molecular formula is C25H40O4. The van der Waals surface area contributed by atoms with Crippen LogP contribution in [0.15, 0.2) is 11.6 Å². The van der Waals surface area contributed by atoms with E-state index in [2.05, 4.69) is 26.8 Å². The molecule has 4 rings (SSSR count). The fourth-order valence-electron chi connectivity index (χ4n) is 8.30. The van der Waals surface area contributed by atoms with Gasteiger partial charge >= 0.3 is 5.97 Å². The van der Waals surface area contributed by atoms with Crippen LogP contribution in [0.1, 0.15) is 78.6 Å². The predicted octanol–water partition coefficient (Wildman–Crippen LogP) is 4.49.